The van der Waals surface area contributed by atoms with E-state index >= 15 is 0 Å². The summed E-state index contributed by atoms with van der Waals surface area (Å²) in [7, 11) is 4.11. The minimum Gasteiger partial charge on any atom is -0.332 e. The van der Waals surface area contributed by atoms with Crippen LogP contribution < -0.4 is 4.90 Å². The van der Waals surface area contributed by atoms with Crippen LogP contribution in [0.2, 0.25) is 0 Å². The molecule has 2 aliphatic heterocycles. The maximum atomic E-state index is 12.8. The molecule has 1 atom stereocenters. The number of hydrogen-bond acceptors (Lipinski definition) is 4. The summed E-state index contributed by atoms with van der Waals surface area (Å²) in [5.74, 6) is 0.941. The molecular formula is C17H23N3O2S. The Bertz CT molecular complexity index is 605. The lowest BCUT2D eigenvalue weighted by Gasteiger charge is -2.37. The van der Waals surface area contributed by atoms with Gasteiger partial charge in [0.25, 0.3) is 5.24 Å². The van der Waals surface area contributed by atoms with Gasteiger partial charge in [-0.1, -0.05) is 30.0 Å². The highest BCUT2D eigenvalue weighted by atomic mass is 32.2. The summed E-state index contributed by atoms with van der Waals surface area (Å²) < 4.78 is 0. The van der Waals surface area contributed by atoms with Crippen molar-refractivity contribution >= 4 is 28.6 Å². The van der Waals surface area contributed by atoms with Gasteiger partial charge in [-0.05, 0) is 32.1 Å². The summed E-state index contributed by atoms with van der Waals surface area (Å²) in [5, 5.41) is 0.100. The van der Waals surface area contributed by atoms with Crippen LogP contribution in [0.3, 0.4) is 0 Å². The Labute approximate surface area is 141 Å². The normalized spacial score (nSPS) is 21.0. The van der Waals surface area contributed by atoms with Gasteiger partial charge in [0.15, 0.2) is 0 Å². The predicted octanol–water partition coefficient (Wildman–Crippen LogP) is 2.06. The van der Waals surface area contributed by atoms with Crippen LogP contribution in [0.25, 0.3) is 0 Å². The van der Waals surface area contributed by atoms with Crippen molar-refractivity contribution in [1.29, 1.82) is 0 Å². The lowest BCUT2D eigenvalue weighted by atomic mass is 9.97. The molecule has 1 aromatic carbocycles. The van der Waals surface area contributed by atoms with Crippen molar-refractivity contribution in [2.75, 3.05) is 44.4 Å². The van der Waals surface area contributed by atoms with Crippen LogP contribution in [0.4, 0.5) is 10.5 Å². The topological polar surface area (TPSA) is 43.9 Å². The third-order valence-electron chi connectivity index (χ3n) is 4.60. The Morgan fingerprint density at radius 3 is 2.83 bits per heavy atom. The molecule has 6 heteroatoms. The first-order valence-corrected chi connectivity index (χ1v) is 9.01. The van der Waals surface area contributed by atoms with E-state index in [-0.39, 0.29) is 11.1 Å². The molecule has 1 fully saturated rings. The molecule has 0 aliphatic carbocycles. The number of rotatable bonds is 4. The van der Waals surface area contributed by atoms with E-state index in [0.717, 1.165) is 24.4 Å². The second kappa shape index (κ2) is 6.93. The molecule has 23 heavy (non-hydrogen) atoms. The molecule has 0 bridgehead atoms. The van der Waals surface area contributed by atoms with Crippen molar-refractivity contribution in [1.82, 2.24) is 9.80 Å². The lowest BCUT2D eigenvalue weighted by Crippen LogP contribution is -2.48. The zero-order chi connectivity index (χ0) is 16.4. The first kappa shape index (κ1) is 16.3. The highest BCUT2D eigenvalue weighted by Crippen LogP contribution is 2.29. The summed E-state index contributed by atoms with van der Waals surface area (Å²) >= 11 is 1.34. The number of fused-ring (bicyclic) bond motifs is 1. The van der Waals surface area contributed by atoms with E-state index in [1.807, 2.05) is 23.1 Å². The summed E-state index contributed by atoms with van der Waals surface area (Å²) in [6, 6.07) is 8.47. The third kappa shape index (κ3) is 3.53. The Morgan fingerprint density at radius 1 is 1.35 bits per heavy atom. The number of nitrogens with zero attached hydrogens (tertiary/aromatic N) is 3. The minimum atomic E-state index is 0.100. The average Bonchev–Trinajstić information content (AvgIpc) is 2.96. The number of anilines is 1. The number of thioether (sulfide) groups is 1. The molecule has 1 saturated heterocycles. The van der Waals surface area contributed by atoms with Crippen molar-refractivity contribution < 1.29 is 9.59 Å². The van der Waals surface area contributed by atoms with Crippen LogP contribution in [0, 0.1) is 0 Å². The van der Waals surface area contributed by atoms with Crippen LogP contribution in [0.15, 0.2) is 24.3 Å². The van der Waals surface area contributed by atoms with Crippen molar-refractivity contribution in [3.63, 3.8) is 0 Å². The van der Waals surface area contributed by atoms with E-state index in [4.69, 9.17) is 0 Å². The van der Waals surface area contributed by atoms with Crippen molar-refractivity contribution in [3.05, 3.63) is 29.8 Å². The molecule has 0 aromatic heterocycles. The standard InChI is InChI=1S/C17H23N3O2S/c1-18(2)14-11-13-5-3-4-6-15(13)20(12-14)16(21)7-8-19-9-10-23-17(19)22/h3-6,14H,7-12H2,1-2H3/t14-/m1/s1. The monoisotopic (exact) mass is 333 g/mol. The van der Waals surface area contributed by atoms with E-state index in [2.05, 4.69) is 25.1 Å². The molecule has 2 aliphatic rings. The lowest BCUT2D eigenvalue weighted by molar-refractivity contribution is -0.119. The molecule has 0 unspecified atom stereocenters. The number of carbonyl (C=O) groups is 2. The van der Waals surface area contributed by atoms with E-state index in [0.29, 0.717) is 25.6 Å². The molecule has 0 spiro atoms. The predicted molar refractivity (Wildman–Crippen MR) is 94.0 cm³/mol. The van der Waals surface area contributed by atoms with E-state index in [1.54, 1.807) is 4.90 Å². The fourth-order valence-electron chi connectivity index (χ4n) is 3.15. The van der Waals surface area contributed by atoms with Crippen LogP contribution in [-0.4, -0.2) is 66.5 Å². The molecular weight excluding hydrogens is 310 g/mol. The van der Waals surface area contributed by atoms with Gasteiger partial charge in [0.2, 0.25) is 5.91 Å². The highest BCUT2D eigenvalue weighted by Gasteiger charge is 2.30. The maximum Gasteiger partial charge on any atom is 0.281 e. The molecule has 5 nitrogen and oxygen atoms in total. The summed E-state index contributed by atoms with van der Waals surface area (Å²) in [5.41, 5.74) is 2.25. The van der Waals surface area contributed by atoms with Gasteiger partial charge in [0.05, 0.1) is 0 Å². The highest BCUT2D eigenvalue weighted by molar-refractivity contribution is 8.13. The Hall–Kier alpha value is -1.53. The summed E-state index contributed by atoms with van der Waals surface area (Å²) in [6.45, 7) is 2.00. The molecule has 0 N–H and O–H groups in total. The SMILES string of the molecule is CN(C)[C@@H]1Cc2ccccc2N(C(=O)CCN2CCSC2=O)C1. The zero-order valence-electron chi connectivity index (χ0n) is 13.7. The van der Waals surface area contributed by atoms with E-state index < -0.39 is 0 Å². The number of carbonyl (C=O) groups excluding carboxylic acids is 2. The van der Waals surface area contributed by atoms with Gasteiger partial charge in [-0.2, -0.15) is 0 Å². The van der Waals surface area contributed by atoms with Crippen LogP contribution >= 0.6 is 11.8 Å². The summed E-state index contributed by atoms with van der Waals surface area (Å²) in [4.78, 5) is 30.3. The minimum absolute atomic E-state index is 0.100. The van der Waals surface area contributed by atoms with Crippen LogP contribution in [-0.2, 0) is 11.2 Å². The Morgan fingerprint density at radius 2 is 2.13 bits per heavy atom. The number of para-hydroxylation sites is 1. The fourth-order valence-corrected chi connectivity index (χ4v) is 4.00. The van der Waals surface area contributed by atoms with Gasteiger partial charge < -0.3 is 14.7 Å². The van der Waals surface area contributed by atoms with Gasteiger partial charge >= 0.3 is 0 Å². The van der Waals surface area contributed by atoms with Crippen molar-refractivity contribution in [3.8, 4) is 0 Å². The van der Waals surface area contributed by atoms with Gasteiger partial charge in [-0.3, -0.25) is 9.59 Å². The van der Waals surface area contributed by atoms with E-state index in [9.17, 15) is 9.59 Å². The molecule has 1 aromatic rings. The maximum absolute atomic E-state index is 12.8. The van der Waals surface area contributed by atoms with Crippen molar-refractivity contribution in [2.24, 2.45) is 0 Å². The van der Waals surface area contributed by atoms with Crippen molar-refractivity contribution in [2.45, 2.75) is 18.9 Å². The molecule has 2 heterocycles. The first-order chi connectivity index (χ1) is 11.1. The molecule has 0 radical (unpaired) electrons. The molecule has 2 amide bonds. The Balaban J connectivity index is 1.72. The molecule has 0 saturated carbocycles. The molecule has 124 valence electrons. The smallest absolute Gasteiger partial charge is 0.281 e. The summed E-state index contributed by atoms with van der Waals surface area (Å²) in [6.07, 6.45) is 1.36. The number of benzene rings is 1. The second-order valence-electron chi connectivity index (χ2n) is 6.31. The third-order valence-corrected chi connectivity index (χ3v) is 5.49. The second-order valence-corrected chi connectivity index (χ2v) is 7.35. The number of amides is 2. The first-order valence-electron chi connectivity index (χ1n) is 8.02. The van der Waals surface area contributed by atoms with Crippen LogP contribution in [0.1, 0.15) is 12.0 Å². The van der Waals surface area contributed by atoms with Gasteiger partial charge in [-0.25, -0.2) is 0 Å². The Kier molecular flexibility index (Phi) is 4.92. The fraction of sp³-hybridized carbons (Fsp3) is 0.529. The van der Waals surface area contributed by atoms with Gasteiger partial charge in [0, 0.05) is 43.5 Å². The van der Waals surface area contributed by atoms with Crippen LogP contribution in [0.5, 0.6) is 0 Å². The number of likely N-dealkylation sites (N-methyl/N-ethyl adjacent to an activating group) is 1. The number of hydrogen-bond donors (Lipinski definition) is 0. The quantitative estimate of drug-likeness (QED) is 0.846. The van der Waals surface area contributed by atoms with E-state index in [1.165, 1.54) is 17.3 Å². The van der Waals surface area contributed by atoms with Gasteiger partial charge in [0.1, 0.15) is 0 Å². The average molecular weight is 333 g/mol. The zero-order valence-corrected chi connectivity index (χ0v) is 14.5. The van der Waals surface area contributed by atoms with Gasteiger partial charge in [-0.15, -0.1) is 0 Å². The largest absolute Gasteiger partial charge is 0.332 e. The molecule has 3 rings (SSSR count).